The average Bonchev–Trinajstić information content (AvgIpc) is 2.44. The van der Waals surface area contributed by atoms with Crippen LogP contribution in [0.3, 0.4) is 0 Å². The van der Waals surface area contributed by atoms with Crippen molar-refractivity contribution in [3.63, 3.8) is 0 Å². The number of rotatable bonds is 1. The van der Waals surface area contributed by atoms with Gasteiger partial charge < -0.3 is 4.74 Å². The van der Waals surface area contributed by atoms with Crippen molar-refractivity contribution < 1.29 is 13.9 Å². The molecular formula is C17H17BrFN3O3. The third-order valence-corrected chi connectivity index (χ3v) is 4.19. The van der Waals surface area contributed by atoms with Crippen LogP contribution >= 0.6 is 15.9 Å². The molecule has 2 heterocycles. The van der Waals surface area contributed by atoms with Gasteiger partial charge in [0.1, 0.15) is 11.4 Å². The Morgan fingerprint density at radius 2 is 2.04 bits per heavy atom. The summed E-state index contributed by atoms with van der Waals surface area (Å²) < 4.78 is 20.8. The van der Waals surface area contributed by atoms with E-state index < -0.39 is 17.5 Å². The Bertz CT molecular complexity index is 939. The minimum absolute atomic E-state index is 0.282. The fraction of sp³-hybridized carbons (Fsp3) is 0.353. The maximum atomic E-state index is 13.8. The number of amides is 1. The molecule has 1 amide bonds. The summed E-state index contributed by atoms with van der Waals surface area (Å²) in [4.78, 5) is 29.6. The Kier molecular flexibility index (Phi) is 4.40. The van der Waals surface area contributed by atoms with Crippen LogP contribution in [0.4, 0.5) is 9.18 Å². The zero-order chi connectivity index (χ0) is 18.4. The Balaban J connectivity index is 1.86. The first-order valence-electron chi connectivity index (χ1n) is 7.68. The number of carbonyl (C=O) groups excluding carboxylic acids is 1. The van der Waals surface area contributed by atoms with E-state index in [9.17, 15) is 14.0 Å². The average molecular weight is 410 g/mol. The van der Waals surface area contributed by atoms with Crippen LogP contribution in [0.5, 0.6) is 0 Å². The zero-order valence-electron chi connectivity index (χ0n) is 14.0. The Hall–Kier alpha value is -2.22. The molecule has 2 aromatic rings. The number of halogens is 2. The topological polar surface area (TPSA) is 64.4 Å². The predicted molar refractivity (Wildman–Crippen MR) is 95.7 cm³/mol. The molecular weight excluding hydrogens is 393 g/mol. The van der Waals surface area contributed by atoms with E-state index in [4.69, 9.17) is 4.74 Å². The number of carbonyl (C=O) groups is 1. The summed E-state index contributed by atoms with van der Waals surface area (Å²) in [5, 5.41) is 0. The lowest BCUT2D eigenvalue weighted by atomic mass is 10.1. The molecule has 8 heteroatoms. The third kappa shape index (κ3) is 3.73. The highest BCUT2D eigenvalue weighted by Crippen LogP contribution is 2.23. The molecule has 0 saturated carbocycles. The van der Waals surface area contributed by atoms with E-state index in [1.807, 2.05) is 0 Å². The normalized spacial score (nSPS) is 14.4. The lowest BCUT2D eigenvalue weighted by Gasteiger charge is -2.35. The maximum Gasteiger partial charge on any atom is 0.410 e. The molecule has 1 aliphatic heterocycles. The number of hydrogen-bond acceptors (Lipinski definition) is 4. The Morgan fingerprint density at radius 1 is 1.36 bits per heavy atom. The predicted octanol–water partition coefficient (Wildman–Crippen LogP) is 3.39. The number of nitrogens with zero attached hydrogens (tertiary/aromatic N) is 3. The monoisotopic (exact) mass is 409 g/mol. The maximum absolute atomic E-state index is 13.8. The van der Waals surface area contributed by atoms with Gasteiger partial charge in [-0.3, -0.25) is 14.3 Å². The van der Waals surface area contributed by atoms with Crippen molar-refractivity contribution in [1.82, 2.24) is 14.5 Å². The largest absolute Gasteiger partial charge is 0.444 e. The Labute approximate surface area is 152 Å². The van der Waals surface area contributed by atoms with Gasteiger partial charge in [0, 0.05) is 25.4 Å². The van der Waals surface area contributed by atoms with Crippen molar-refractivity contribution in [2.75, 3.05) is 13.1 Å². The summed E-state index contributed by atoms with van der Waals surface area (Å²) in [6.07, 6.45) is 2.42. The molecule has 6 nitrogen and oxygen atoms in total. The molecule has 0 bridgehead atoms. The summed E-state index contributed by atoms with van der Waals surface area (Å²) >= 11 is 3.11. The number of aromatic nitrogens is 2. The van der Waals surface area contributed by atoms with E-state index in [0.29, 0.717) is 24.1 Å². The lowest BCUT2D eigenvalue weighted by molar-refractivity contribution is 0.0215. The minimum Gasteiger partial charge on any atom is -0.444 e. The van der Waals surface area contributed by atoms with Gasteiger partial charge in [0.05, 0.1) is 21.7 Å². The van der Waals surface area contributed by atoms with Gasteiger partial charge in [-0.2, -0.15) is 0 Å². The SMILES string of the molecule is CC(C)(C)OC(=O)N1CC(=Cn2c(=O)cnc3cc(Br)c(F)cc32)C1. The molecule has 1 fully saturated rings. The molecule has 0 atom stereocenters. The van der Waals surface area contributed by atoms with Gasteiger partial charge in [0.25, 0.3) is 5.56 Å². The number of ether oxygens (including phenoxy) is 1. The summed E-state index contributed by atoms with van der Waals surface area (Å²) in [6.45, 7) is 6.14. The second kappa shape index (κ2) is 6.25. The highest BCUT2D eigenvalue weighted by Gasteiger charge is 2.29. The summed E-state index contributed by atoms with van der Waals surface area (Å²) in [5.74, 6) is -0.476. The molecule has 1 saturated heterocycles. The van der Waals surface area contributed by atoms with E-state index in [0.717, 1.165) is 5.57 Å². The van der Waals surface area contributed by atoms with Crippen LogP contribution in [0.25, 0.3) is 17.2 Å². The van der Waals surface area contributed by atoms with E-state index in [1.165, 1.54) is 27.8 Å². The molecule has 1 aliphatic rings. The molecule has 132 valence electrons. The van der Waals surface area contributed by atoms with Gasteiger partial charge in [0.15, 0.2) is 0 Å². The highest BCUT2D eigenvalue weighted by molar-refractivity contribution is 9.10. The fourth-order valence-electron chi connectivity index (χ4n) is 2.42. The van der Waals surface area contributed by atoms with Crippen LogP contribution in [0.15, 0.2) is 33.2 Å². The third-order valence-electron chi connectivity index (χ3n) is 3.58. The van der Waals surface area contributed by atoms with Crippen molar-refractivity contribution in [1.29, 1.82) is 0 Å². The second-order valence-corrected chi connectivity index (χ2v) is 7.70. The van der Waals surface area contributed by atoms with Crippen molar-refractivity contribution in [3.8, 4) is 0 Å². The van der Waals surface area contributed by atoms with Crippen LogP contribution in [0.1, 0.15) is 20.8 Å². The molecule has 1 aromatic heterocycles. The molecule has 0 unspecified atom stereocenters. The number of fused-ring (bicyclic) bond motifs is 1. The van der Waals surface area contributed by atoms with E-state index in [1.54, 1.807) is 27.0 Å². The van der Waals surface area contributed by atoms with Crippen LogP contribution in [-0.4, -0.2) is 39.2 Å². The lowest BCUT2D eigenvalue weighted by Crippen LogP contribution is -2.47. The molecule has 0 spiro atoms. The standard InChI is InChI=1S/C17H17BrFN3O3/c1-17(2,3)25-16(24)21-7-10(8-21)9-22-14-5-12(19)11(18)4-13(14)20-6-15(22)23/h4-6,9H,7-8H2,1-3H3. The minimum atomic E-state index is -0.556. The molecule has 0 aliphatic carbocycles. The van der Waals surface area contributed by atoms with Crippen molar-refractivity contribution >= 4 is 39.3 Å². The number of benzene rings is 1. The molecule has 0 N–H and O–H groups in total. The first kappa shape index (κ1) is 17.6. The Morgan fingerprint density at radius 3 is 2.68 bits per heavy atom. The molecule has 1 aromatic carbocycles. The summed E-state index contributed by atoms with van der Waals surface area (Å²) in [7, 11) is 0. The van der Waals surface area contributed by atoms with Gasteiger partial charge in [-0.05, 0) is 48.3 Å². The van der Waals surface area contributed by atoms with Crippen LogP contribution < -0.4 is 5.56 Å². The van der Waals surface area contributed by atoms with Crippen LogP contribution in [0.2, 0.25) is 0 Å². The van der Waals surface area contributed by atoms with Gasteiger partial charge in [0.2, 0.25) is 0 Å². The van der Waals surface area contributed by atoms with E-state index >= 15 is 0 Å². The molecule has 3 rings (SSSR count). The van der Waals surface area contributed by atoms with Crippen molar-refractivity contribution in [2.24, 2.45) is 0 Å². The van der Waals surface area contributed by atoms with Crippen molar-refractivity contribution in [3.05, 3.63) is 44.5 Å². The van der Waals surface area contributed by atoms with Gasteiger partial charge in [-0.25, -0.2) is 14.2 Å². The van der Waals surface area contributed by atoms with E-state index in [2.05, 4.69) is 20.9 Å². The quantitative estimate of drug-likeness (QED) is 0.723. The van der Waals surface area contributed by atoms with Crippen LogP contribution in [0, 0.1) is 5.82 Å². The van der Waals surface area contributed by atoms with Gasteiger partial charge in [-0.15, -0.1) is 0 Å². The number of hydrogen-bond donors (Lipinski definition) is 0. The fourth-order valence-corrected chi connectivity index (χ4v) is 2.76. The smallest absolute Gasteiger partial charge is 0.410 e. The number of likely N-dealkylation sites (tertiary alicyclic amines) is 1. The highest BCUT2D eigenvalue weighted by atomic mass is 79.9. The van der Waals surface area contributed by atoms with Crippen molar-refractivity contribution in [2.45, 2.75) is 26.4 Å². The van der Waals surface area contributed by atoms with Gasteiger partial charge >= 0.3 is 6.09 Å². The van der Waals surface area contributed by atoms with Crippen LogP contribution in [-0.2, 0) is 4.74 Å². The summed E-state index contributed by atoms with van der Waals surface area (Å²) in [6, 6.07) is 2.78. The van der Waals surface area contributed by atoms with Gasteiger partial charge in [-0.1, -0.05) is 0 Å². The first-order valence-corrected chi connectivity index (χ1v) is 8.47. The molecule has 25 heavy (non-hydrogen) atoms. The summed E-state index contributed by atoms with van der Waals surface area (Å²) in [5.41, 5.74) is 0.811. The van der Waals surface area contributed by atoms with E-state index in [-0.39, 0.29) is 10.0 Å². The molecule has 0 radical (unpaired) electrons. The zero-order valence-corrected chi connectivity index (χ0v) is 15.6. The first-order chi connectivity index (χ1) is 11.6. The second-order valence-electron chi connectivity index (χ2n) is 6.85.